The molecule has 0 saturated carbocycles. The van der Waals surface area contributed by atoms with Gasteiger partial charge in [0.2, 0.25) is 0 Å². The highest BCUT2D eigenvalue weighted by Gasteiger charge is 2.37. The zero-order valence-corrected chi connectivity index (χ0v) is 9.54. The summed E-state index contributed by atoms with van der Waals surface area (Å²) in [6, 6.07) is 0.212. The normalized spacial score (nSPS) is 13.7. The van der Waals surface area contributed by atoms with Crippen molar-refractivity contribution in [3.8, 4) is 0 Å². The largest absolute Gasteiger partial charge is 0.416 e. The van der Waals surface area contributed by atoms with E-state index in [1.807, 2.05) is 0 Å². The van der Waals surface area contributed by atoms with Gasteiger partial charge < -0.3 is 0 Å². The van der Waals surface area contributed by atoms with Crippen molar-refractivity contribution in [2.24, 2.45) is 0 Å². The molecule has 0 aliphatic rings. The molecule has 1 aromatic rings. The van der Waals surface area contributed by atoms with Crippen LogP contribution < -0.4 is 0 Å². The monoisotopic (exact) mass is 290 g/mol. The predicted octanol–water partition coefficient (Wildman–Crippen LogP) is 2.05. The standard InChI is InChI=1S/C8H5BF6O2S/c9-18(16,17)6-2-4(7(10,11)12)1-5(3-6)8(13,14)15/h1-3H,9H2. The van der Waals surface area contributed by atoms with Crippen LogP contribution in [0, 0.1) is 0 Å². The van der Waals surface area contributed by atoms with Crippen LogP contribution in [0.15, 0.2) is 23.1 Å². The number of rotatable bonds is 1. The zero-order chi connectivity index (χ0) is 14.4. The lowest BCUT2D eigenvalue weighted by Crippen LogP contribution is -2.13. The third kappa shape index (κ3) is 3.41. The minimum Gasteiger partial charge on any atom is -0.237 e. The molecule has 2 nitrogen and oxygen atoms in total. The first kappa shape index (κ1) is 14.9. The smallest absolute Gasteiger partial charge is 0.237 e. The fraction of sp³-hybridized carbons (Fsp3) is 0.250. The van der Waals surface area contributed by atoms with Crippen molar-refractivity contribution in [2.45, 2.75) is 17.2 Å². The second-order valence-corrected chi connectivity index (χ2v) is 5.53. The molecule has 10 heteroatoms. The van der Waals surface area contributed by atoms with E-state index in [1.165, 1.54) is 0 Å². The van der Waals surface area contributed by atoms with Crippen molar-refractivity contribution in [1.29, 1.82) is 0 Å². The minimum absolute atomic E-state index is 0.130. The first-order chi connectivity index (χ1) is 7.82. The maximum atomic E-state index is 12.4. The molecule has 1 aromatic carbocycles. The van der Waals surface area contributed by atoms with Gasteiger partial charge in [0.1, 0.15) is 9.69 Å². The van der Waals surface area contributed by atoms with E-state index in [9.17, 15) is 34.8 Å². The Labute approximate surface area is 98.8 Å². The Morgan fingerprint density at radius 2 is 1.17 bits per heavy atom. The Morgan fingerprint density at radius 1 is 0.833 bits per heavy atom. The first-order valence-electron chi connectivity index (χ1n) is 4.31. The van der Waals surface area contributed by atoms with E-state index in [0.29, 0.717) is 7.12 Å². The third-order valence-corrected chi connectivity index (χ3v) is 3.08. The van der Waals surface area contributed by atoms with Crippen LogP contribution in [0.3, 0.4) is 0 Å². The summed E-state index contributed by atoms with van der Waals surface area (Å²) in [7, 11) is -3.64. The highest BCUT2D eigenvalue weighted by molar-refractivity contribution is 8.12. The van der Waals surface area contributed by atoms with Gasteiger partial charge in [0.15, 0.2) is 0 Å². The van der Waals surface area contributed by atoms with E-state index >= 15 is 0 Å². The molecule has 0 spiro atoms. The molecule has 0 saturated heterocycles. The number of alkyl halides is 6. The Kier molecular flexibility index (Phi) is 3.45. The molecule has 0 heterocycles. The molecule has 18 heavy (non-hydrogen) atoms. The van der Waals surface area contributed by atoms with Crippen LogP contribution >= 0.6 is 0 Å². The van der Waals surface area contributed by atoms with Crippen LogP contribution in [0.25, 0.3) is 0 Å². The Morgan fingerprint density at radius 3 is 1.39 bits per heavy atom. The SMILES string of the molecule is BS(=O)(=O)c1cc(C(F)(F)F)cc(C(F)(F)F)c1. The highest BCUT2D eigenvalue weighted by Crippen LogP contribution is 2.37. The van der Waals surface area contributed by atoms with Crippen LogP contribution in [0.1, 0.15) is 11.1 Å². The highest BCUT2D eigenvalue weighted by atomic mass is 32.2. The van der Waals surface area contributed by atoms with E-state index in [2.05, 4.69) is 0 Å². The quantitative estimate of drug-likeness (QED) is 0.586. The second-order valence-electron chi connectivity index (χ2n) is 3.51. The van der Waals surface area contributed by atoms with Crippen LogP contribution in [-0.2, 0) is 22.0 Å². The molecule has 0 fully saturated rings. The van der Waals surface area contributed by atoms with Crippen molar-refractivity contribution in [3.05, 3.63) is 29.3 Å². The average molecular weight is 290 g/mol. The molecule has 0 radical (unpaired) electrons. The predicted molar refractivity (Wildman–Crippen MR) is 52.2 cm³/mol. The van der Waals surface area contributed by atoms with Gasteiger partial charge in [0, 0.05) is 0 Å². The minimum atomic E-state index is -5.05. The molecule has 0 N–H and O–H groups in total. The van der Waals surface area contributed by atoms with Crippen LogP contribution in [0.5, 0.6) is 0 Å². The lowest BCUT2D eigenvalue weighted by Gasteiger charge is -2.13. The van der Waals surface area contributed by atoms with Crippen LogP contribution in [0.2, 0.25) is 0 Å². The summed E-state index contributed by atoms with van der Waals surface area (Å²) >= 11 is 0. The van der Waals surface area contributed by atoms with E-state index < -0.39 is 38.1 Å². The Hall–Kier alpha value is -1.19. The summed E-state index contributed by atoms with van der Waals surface area (Å²) in [5.74, 6) is 0. The molecule has 0 atom stereocenters. The summed E-state index contributed by atoms with van der Waals surface area (Å²) in [6.45, 7) is 0. The van der Waals surface area contributed by atoms with E-state index in [0.717, 1.165) is 0 Å². The molecule has 0 unspecified atom stereocenters. The van der Waals surface area contributed by atoms with Gasteiger partial charge >= 0.3 is 12.4 Å². The van der Waals surface area contributed by atoms with E-state index in [1.54, 1.807) is 0 Å². The van der Waals surface area contributed by atoms with E-state index in [4.69, 9.17) is 0 Å². The molecular formula is C8H5BF6O2S. The number of benzene rings is 1. The van der Waals surface area contributed by atoms with E-state index in [-0.39, 0.29) is 18.2 Å². The fourth-order valence-electron chi connectivity index (χ4n) is 1.14. The van der Waals surface area contributed by atoms with Gasteiger partial charge in [-0.15, -0.1) is 0 Å². The topological polar surface area (TPSA) is 34.1 Å². The van der Waals surface area contributed by atoms with Crippen molar-refractivity contribution in [3.63, 3.8) is 0 Å². The summed E-state index contributed by atoms with van der Waals surface area (Å²) in [6.07, 6.45) is -10.1. The maximum absolute atomic E-state index is 12.4. The molecule has 0 aromatic heterocycles. The van der Waals surface area contributed by atoms with Gasteiger partial charge in [0.05, 0.1) is 16.0 Å². The zero-order valence-electron chi connectivity index (χ0n) is 8.72. The van der Waals surface area contributed by atoms with Crippen LogP contribution in [0.4, 0.5) is 26.3 Å². The molecule has 0 amide bonds. The van der Waals surface area contributed by atoms with Gasteiger partial charge in [-0.2, -0.15) is 26.3 Å². The van der Waals surface area contributed by atoms with Gasteiger partial charge in [0.25, 0.3) is 7.12 Å². The summed E-state index contributed by atoms with van der Waals surface area (Å²) in [5, 5.41) is 0. The molecule has 0 aliphatic carbocycles. The molecule has 0 aliphatic heterocycles. The Balaban J connectivity index is 3.60. The lowest BCUT2D eigenvalue weighted by atomic mass is 10.1. The summed E-state index contributed by atoms with van der Waals surface area (Å²) in [5.41, 5.74) is -3.31. The summed E-state index contributed by atoms with van der Waals surface area (Å²) < 4.78 is 96.3. The van der Waals surface area contributed by atoms with Gasteiger partial charge in [-0.3, -0.25) is 0 Å². The van der Waals surface area contributed by atoms with Crippen molar-refractivity contribution in [1.82, 2.24) is 0 Å². The molecule has 1 rings (SSSR count). The van der Waals surface area contributed by atoms with Crippen molar-refractivity contribution >= 4 is 16.8 Å². The lowest BCUT2D eigenvalue weighted by molar-refractivity contribution is -0.143. The first-order valence-corrected chi connectivity index (χ1v) is 6.20. The average Bonchev–Trinajstić information content (AvgIpc) is 2.13. The molecular weight excluding hydrogens is 285 g/mol. The molecule has 0 bridgehead atoms. The van der Waals surface area contributed by atoms with Crippen LogP contribution in [-0.4, -0.2) is 15.5 Å². The number of hydrogen-bond donors (Lipinski definition) is 0. The maximum Gasteiger partial charge on any atom is 0.416 e. The second kappa shape index (κ2) is 4.18. The van der Waals surface area contributed by atoms with Gasteiger partial charge in [-0.1, -0.05) is 0 Å². The fourth-order valence-corrected chi connectivity index (χ4v) is 1.82. The third-order valence-electron chi connectivity index (χ3n) is 1.99. The Bertz CT molecular complexity index is 528. The number of halogens is 6. The number of hydrogen-bond acceptors (Lipinski definition) is 2. The van der Waals surface area contributed by atoms with Gasteiger partial charge in [-0.25, -0.2) is 8.42 Å². The van der Waals surface area contributed by atoms with Crippen molar-refractivity contribution in [2.75, 3.05) is 0 Å². The molecule has 100 valence electrons. The van der Waals surface area contributed by atoms with Crippen molar-refractivity contribution < 1.29 is 34.8 Å². The van der Waals surface area contributed by atoms with Gasteiger partial charge in [-0.05, 0) is 18.2 Å². The summed E-state index contributed by atoms with van der Waals surface area (Å²) in [4.78, 5) is -1.02.